The molecule has 4 rings (SSSR count). The summed E-state index contributed by atoms with van der Waals surface area (Å²) in [6.07, 6.45) is 2.12. The highest BCUT2D eigenvalue weighted by molar-refractivity contribution is 6.30. The topological polar surface area (TPSA) is 74.3 Å². The normalized spacial score (nSPS) is 15.7. The number of ether oxygens (including phenoxy) is 1. The number of hydrogen-bond donors (Lipinski definition) is 0. The molecule has 0 saturated carbocycles. The molecule has 8 heteroatoms. The number of halogens is 1. The average molecular weight is 440 g/mol. The van der Waals surface area contributed by atoms with Crippen molar-refractivity contribution in [3.05, 3.63) is 64.0 Å². The van der Waals surface area contributed by atoms with Crippen LogP contribution in [0.25, 0.3) is 5.69 Å². The van der Waals surface area contributed by atoms with Gasteiger partial charge in [-0.05, 0) is 46.8 Å². The highest BCUT2D eigenvalue weighted by atomic mass is 35.5. The molecule has 0 amide bonds. The van der Waals surface area contributed by atoms with Crippen LogP contribution in [-0.2, 0) is 16.6 Å². The quantitative estimate of drug-likeness (QED) is 0.563. The van der Waals surface area contributed by atoms with Crippen LogP contribution in [-0.4, -0.2) is 36.6 Å². The van der Waals surface area contributed by atoms with Crippen molar-refractivity contribution in [3.8, 4) is 5.69 Å². The lowest BCUT2D eigenvalue weighted by Crippen LogP contribution is -2.25. The summed E-state index contributed by atoms with van der Waals surface area (Å²) in [5.74, 6) is 1.04. The van der Waals surface area contributed by atoms with Crippen LogP contribution >= 0.6 is 11.6 Å². The molecule has 31 heavy (non-hydrogen) atoms. The number of benzene rings is 1. The number of hydrogen-bond acceptors (Lipinski definition) is 5. The number of nitrogens with zero attached hydrogens (tertiary/aromatic N) is 5. The van der Waals surface area contributed by atoms with Crippen molar-refractivity contribution >= 4 is 23.3 Å². The maximum atomic E-state index is 12.7. The number of aryl methyl sites for hydroxylation is 2. The van der Waals surface area contributed by atoms with Crippen LogP contribution in [0, 0.1) is 13.8 Å². The van der Waals surface area contributed by atoms with E-state index in [9.17, 15) is 4.79 Å². The predicted molar refractivity (Wildman–Crippen MR) is 120 cm³/mol. The smallest absolute Gasteiger partial charge is 0.308 e. The molecule has 0 spiro atoms. The van der Waals surface area contributed by atoms with E-state index in [0.29, 0.717) is 10.8 Å². The monoisotopic (exact) mass is 439 g/mol. The highest BCUT2D eigenvalue weighted by Gasteiger charge is 2.32. The van der Waals surface area contributed by atoms with Gasteiger partial charge in [-0.15, -0.1) is 10.2 Å². The number of aromatic nitrogens is 4. The van der Waals surface area contributed by atoms with Gasteiger partial charge in [0.1, 0.15) is 17.5 Å². The van der Waals surface area contributed by atoms with Gasteiger partial charge in [0.2, 0.25) is 0 Å². The molecule has 0 N–H and O–H groups in total. The van der Waals surface area contributed by atoms with Gasteiger partial charge in [0.05, 0.1) is 17.8 Å². The Morgan fingerprint density at radius 1 is 1.16 bits per heavy atom. The third-order valence-electron chi connectivity index (χ3n) is 5.27. The summed E-state index contributed by atoms with van der Waals surface area (Å²) in [5.41, 5.74) is 4.13. The van der Waals surface area contributed by atoms with Crippen molar-refractivity contribution in [3.63, 3.8) is 0 Å². The molecule has 2 aromatic heterocycles. The molecule has 7 nitrogen and oxygen atoms in total. The van der Waals surface area contributed by atoms with Gasteiger partial charge in [-0.25, -0.2) is 0 Å². The molecule has 0 fully saturated rings. The molecule has 3 aromatic rings. The summed E-state index contributed by atoms with van der Waals surface area (Å²) in [7, 11) is 2.00. The van der Waals surface area contributed by atoms with E-state index in [4.69, 9.17) is 21.3 Å². The van der Waals surface area contributed by atoms with Crippen LogP contribution in [0.1, 0.15) is 61.7 Å². The molecular formula is C23H26ClN5O2. The fourth-order valence-electron chi connectivity index (χ4n) is 3.84. The lowest BCUT2D eigenvalue weighted by Gasteiger charge is -2.21. The van der Waals surface area contributed by atoms with Crippen molar-refractivity contribution in [2.24, 2.45) is 12.0 Å². The van der Waals surface area contributed by atoms with Gasteiger partial charge < -0.3 is 9.30 Å². The molecule has 1 atom stereocenters. The van der Waals surface area contributed by atoms with Crippen molar-refractivity contribution in [1.29, 1.82) is 0 Å². The van der Waals surface area contributed by atoms with E-state index in [1.54, 1.807) is 0 Å². The summed E-state index contributed by atoms with van der Waals surface area (Å²) in [4.78, 5) is 17.8. The number of esters is 1. The molecule has 0 radical (unpaired) electrons. The average Bonchev–Trinajstić information content (AvgIpc) is 3.14. The third-order valence-corrected chi connectivity index (χ3v) is 5.52. The van der Waals surface area contributed by atoms with E-state index >= 15 is 0 Å². The van der Waals surface area contributed by atoms with E-state index < -0.39 is 11.6 Å². The van der Waals surface area contributed by atoms with Gasteiger partial charge in [-0.3, -0.25) is 14.4 Å². The summed E-state index contributed by atoms with van der Waals surface area (Å²) in [5, 5.41) is 9.33. The molecule has 162 valence electrons. The third kappa shape index (κ3) is 4.02. The van der Waals surface area contributed by atoms with Crippen LogP contribution in [0.4, 0.5) is 0 Å². The number of carbonyl (C=O) groups is 1. The van der Waals surface area contributed by atoms with Crippen LogP contribution in [0.3, 0.4) is 0 Å². The Kier molecular flexibility index (Phi) is 5.25. The second kappa shape index (κ2) is 7.64. The molecule has 1 aromatic carbocycles. The standard InChI is InChI=1S/C23H26ClN5O2/c1-13-20-18(12-28(13)6)29-14(2)26-27-22(29)17(11-19(30)31-23(3,4)5)25-21(20)15-7-9-16(24)10-8-15/h7-10,12,17H,11H2,1-6H3/t17-/m0/s1. The zero-order chi connectivity index (χ0) is 22.5. The number of carbonyl (C=O) groups excluding carboxylic acids is 1. The van der Waals surface area contributed by atoms with Gasteiger partial charge in [-0.2, -0.15) is 0 Å². The minimum atomic E-state index is -0.574. The molecule has 0 unspecified atom stereocenters. The zero-order valence-corrected chi connectivity index (χ0v) is 19.4. The molecule has 1 aliphatic heterocycles. The van der Waals surface area contributed by atoms with Crippen molar-refractivity contribution in [2.75, 3.05) is 0 Å². The van der Waals surface area contributed by atoms with Gasteiger partial charge in [-0.1, -0.05) is 23.7 Å². The maximum absolute atomic E-state index is 12.7. The Morgan fingerprint density at radius 3 is 2.48 bits per heavy atom. The number of aliphatic imine (C=N–C) groups is 1. The fourth-order valence-corrected chi connectivity index (χ4v) is 3.97. The minimum absolute atomic E-state index is 0.0714. The van der Waals surface area contributed by atoms with Crippen LogP contribution in [0.5, 0.6) is 0 Å². The highest BCUT2D eigenvalue weighted by Crippen LogP contribution is 2.35. The van der Waals surface area contributed by atoms with E-state index in [-0.39, 0.29) is 12.4 Å². The Bertz CT molecular complexity index is 1180. The largest absolute Gasteiger partial charge is 0.460 e. The zero-order valence-electron chi connectivity index (χ0n) is 18.6. The summed E-state index contributed by atoms with van der Waals surface area (Å²) < 4.78 is 9.63. The summed E-state index contributed by atoms with van der Waals surface area (Å²) in [6, 6.07) is 7.05. The van der Waals surface area contributed by atoms with Gasteiger partial charge in [0, 0.05) is 35.1 Å². The Balaban J connectivity index is 1.91. The molecule has 3 heterocycles. The van der Waals surface area contributed by atoms with Crippen LogP contribution < -0.4 is 0 Å². The molecule has 0 bridgehead atoms. The summed E-state index contributed by atoms with van der Waals surface area (Å²) in [6.45, 7) is 9.52. The lowest BCUT2D eigenvalue weighted by atomic mass is 10.0. The number of rotatable bonds is 3. The Morgan fingerprint density at radius 2 is 1.84 bits per heavy atom. The van der Waals surface area contributed by atoms with Crippen molar-refractivity contribution in [1.82, 2.24) is 19.3 Å². The Labute approximate surface area is 186 Å². The van der Waals surface area contributed by atoms with E-state index in [1.807, 2.05) is 69.8 Å². The van der Waals surface area contributed by atoms with Crippen LogP contribution in [0.2, 0.25) is 5.02 Å². The predicted octanol–water partition coefficient (Wildman–Crippen LogP) is 4.50. The van der Waals surface area contributed by atoms with Crippen molar-refractivity contribution in [2.45, 2.75) is 52.7 Å². The maximum Gasteiger partial charge on any atom is 0.308 e. The Hall–Kier alpha value is -2.93. The lowest BCUT2D eigenvalue weighted by molar-refractivity contribution is -0.155. The first-order valence-corrected chi connectivity index (χ1v) is 10.6. The van der Waals surface area contributed by atoms with E-state index in [0.717, 1.165) is 34.0 Å². The number of fused-ring (bicyclic) bond motifs is 3. The van der Waals surface area contributed by atoms with Gasteiger partial charge >= 0.3 is 5.97 Å². The SMILES string of the molecule is Cc1c2c(cn1C)-n1c(C)nnc1[C@H](CC(=O)OC(C)(C)C)N=C2c1ccc(Cl)cc1. The first-order valence-electron chi connectivity index (χ1n) is 10.2. The van der Waals surface area contributed by atoms with Gasteiger partial charge in [0.25, 0.3) is 0 Å². The van der Waals surface area contributed by atoms with Crippen LogP contribution in [0.15, 0.2) is 35.5 Å². The first-order chi connectivity index (χ1) is 14.5. The molecule has 0 aliphatic carbocycles. The first kappa shape index (κ1) is 21.3. The van der Waals surface area contributed by atoms with Gasteiger partial charge in [0.15, 0.2) is 5.82 Å². The minimum Gasteiger partial charge on any atom is -0.460 e. The van der Waals surface area contributed by atoms with E-state index in [2.05, 4.69) is 21.7 Å². The fraction of sp³-hybridized carbons (Fsp3) is 0.391. The molecule has 0 saturated heterocycles. The van der Waals surface area contributed by atoms with E-state index in [1.165, 1.54) is 0 Å². The molecule has 1 aliphatic rings. The second-order valence-electron chi connectivity index (χ2n) is 8.82. The second-order valence-corrected chi connectivity index (χ2v) is 9.25. The summed E-state index contributed by atoms with van der Waals surface area (Å²) >= 11 is 6.13. The molecular weight excluding hydrogens is 414 g/mol. The van der Waals surface area contributed by atoms with Crippen molar-refractivity contribution < 1.29 is 9.53 Å².